The number of carboxylic acid groups (broad SMARTS) is 1. The second-order valence-electron chi connectivity index (χ2n) is 3.68. The molecule has 0 bridgehead atoms. The Labute approximate surface area is 76.9 Å². The van der Waals surface area contributed by atoms with E-state index < -0.39 is 5.97 Å². The van der Waals surface area contributed by atoms with Gasteiger partial charge in [-0.1, -0.05) is 0 Å². The van der Waals surface area contributed by atoms with Gasteiger partial charge in [0.2, 0.25) is 5.90 Å². The molecule has 0 aromatic carbocycles. The lowest BCUT2D eigenvalue weighted by Gasteiger charge is -2.07. The van der Waals surface area contributed by atoms with Crippen molar-refractivity contribution in [3.05, 3.63) is 11.6 Å². The number of hydrogen-bond donors (Lipinski definition) is 1. The van der Waals surface area contributed by atoms with Crippen LogP contribution in [0.2, 0.25) is 0 Å². The molecule has 0 fully saturated rings. The Kier molecular flexibility index (Phi) is 2.40. The maximum atomic E-state index is 10.5. The third kappa shape index (κ3) is 2.57. The molecule has 1 rings (SSSR count). The number of hydrogen-bond acceptors (Lipinski definition) is 3. The van der Waals surface area contributed by atoms with Crippen LogP contribution in [0.4, 0.5) is 0 Å². The third-order valence-corrected chi connectivity index (χ3v) is 1.66. The molecule has 72 valence electrons. The van der Waals surface area contributed by atoms with E-state index in [1.807, 2.05) is 13.8 Å². The normalized spacial score (nSPS) is 20.8. The van der Waals surface area contributed by atoms with E-state index >= 15 is 0 Å². The molecule has 1 N–H and O–H groups in total. The van der Waals surface area contributed by atoms with Gasteiger partial charge in [-0.05, 0) is 20.8 Å². The molecule has 0 atom stereocenters. The number of ether oxygens (including phenoxy) is 1. The van der Waals surface area contributed by atoms with Gasteiger partial charge in [-0.3, -0.25) is 0 Å². The zero-order valence-corrected chi connectivity index (χ0v) is 8.00. The molecule has 0 amide bonds. The maximum Gasteiger partial charge on any atom is 0.331 e. The number of rotatable bonds is 2. The summed E-state index contributed by atoms with van der Waals surface area (Å²) in [4.78, 5) is 14.7. The number of carbonyl (C=O) groups is 1. The molecule has 0 saturated carbocycles. The molecular formula is C9H13NO3. The van der Waals surface area contributed by atoms with E-state index in [2.05, 4.69) is 4.99 Å². The van der Waals surface area contributed by atoms with E-state index in [1.165, 1.54) is 13.0 Å². The first-order valence-corrected chi connectivity index (χ1v) is 4.05. The Balaban J connectivity index is 2.77. The zero-order valence-electron chi connectivity index (χ0n) is 8.00. The van der Waals surface area contributed by atoms with Crippen LogP contribution < -0.4 is 0 Å². The molecule has 0 unspecified atom stereocenters. The fourth-order valence-electron chi connectivity index (χ4n) is 0.934. The average molecular weight is 183 g/mol. The van der Waals surface area contributed by atoms with Gasteiger partial charge in [0.15, 0.2) is 0 Å². The maximum absolute atomic E-state index is 10.5. The van der Waals surface area contributed by atoms with E-state index in [0.29, 0.717) is 12.5 Å². The minimum Gasteiger partial charge on any atom is -0.478 e. The van der Waals surface area contributed by atoms with Crippen molar-refractivity contribution in [1.82, 2.24) is 0 Å². The lowest BCUT2D eigenvalue weighted by molar-refractivity contribution is -0.132. The van der Waals surface area contributed by atoms with Gasteiger partial charge in [-0.15, -0.1) is 0 Å². The monoisotopic (exact) mass is 183 g/mol. The average Bonchev–Trinajstić information content (AvgIpc) is 2.30. The minimum absolute atomic E-state index is 0.232. The van der Waals surface area contributed by atoms with Crippen LogP contribution in [0.1, 0.15) is 20.8 Å². The molecule has 1 aliphatic heterocycles. The summed E-state index contributed by atoms with van der Waals surface area (Å²) in [6.45, 7) is 5.89. The highest BCUT2D eigenvalue weighted by Gasteiger charge is 2.25. The first kappa shape index (κ1) is 9.77. The van der Waals surface area contributed by atoms with Crippen molar-refractivity contribution in [1.29, 1.82) is 0 Å². The first-order chi connectivity index (χ1) is 5.91. The SMILES string of the molecule is C/C(=C\C1=NC(C)(C)CO1)C(=O)O. The summed E-state index contributed by atoms with van der Waals surface area (Å²) in [6, 6.07) is 0. The largest absolute Gasteiger partial charge is 0.478 e. The van der Waals surface area contributed by atoms with Crippen molar-refractivity contribution in [3.8, 4) is 0 Å². The molecule has 0 aromatic rings. The van der Waals surface area contributed by atoms with Gasteiger partial charge in [0.05, 0.1) is 5.54 Å². The molecule has 4 heteroatoms. The van der Waals surface area contributed by atoms with Gasteiger partial charge < -0.3 is 9.84 Å². The number of carboxylic acids is 1. The standard InChI is InChI=1S/C9H13NO3/c1-6(8(11)12)4-7-10-9(2,3)5-13-7/h4H,5H2,1-3H3,(H,11,12)/b6-4+. The van der Waals surface area contributed by atoms with Gasteiger partial charge in [0.25, 0.3) is 0 Å². The van der Waals surface area contributed by atoms with Crippen LogP contribution in [0.15, 0.2) is 16.6 Å². The van der Waals surface area contributed by atoms with E-state index in [0.717, 1.165) is 0 Å². The molecular weight excluding hydrogens is 170 g/mol. The zero-order chi connectivity index (χ0) is 10.1. The number of nitrogens with zero attached hydrogens (tertiary/aromatic N) is 1. The lowest BCUT2D eigenvalue weighted by atomic mass is 10.1. The van der Waals surface area contributed by atoms with E-state index in [1.54, 1.807) is 0 Å². The fourth-order valence-corrected chi connectivity index (χ4v) is 0.934. The topological polar surface area (TPSA) is 58.9 Å². The van der Waals surface area contributed by atoms with E-state index in [4.69, 9.17) is 9.84 Å². The van der Waals surface area contributed by atoms with Crippen LogP contribution >= 0.6 is 0 Å². The van der Waals surface area contributed by atoms with Crippen LogP contribution in [-0.4, -0.2) is 29.1 Å². The van der Waals surface area contributed by atoms with Gasteiger partial charge >= 0.3 is 5.97 Å². The second-order valence-corrected chi connectivity index (χ2v) is 3.68. The summed E-state index contributed by atoms with van der Waals surface area (Å²) in [7, 11) is 0. The van der Waals surface area contributed by atoms with Crippen molar-refractivity contribution < 1.29 is 14.6 Å². The van der Waals surface area contributed by atoms with Crippen molar-refractivity contribution in [2.75, 3.05) is 6.61 Å². The van der Waals surface area contributed by atoms with Crippen LogP contribution in [0.3, 0.4) is 0 Å². The van der Waals surface area contributed by atoms with E-state index in [9.17, 15) is 4.79 Å². The molecule has 4 nitrogen and oxygen atoms in total. The molecule has 0 radical (unpaired) electrons. The molecule has 0 aliphatic carbocycles. The highest BCUT2D eigenvalue weighted by molar-refractivity contribution is 5.98. The Hall–Kier alpha value is -1.32. The van der Waals surface area contributed by atoms with Crippen LogP contribution in [0, 0.1) is 0 Å². The Morgan fingerprint density at radius 2 is 2.31 bits per heavy atom. The molecule has 1 heterocycles. The summed E-state index contributed by atoms with van der Waals surface area (Å²) in [5, 5.41) is 8.59. The second kappa shape index (κ2) is 3.20. The molecule has 0 spiro atoms. The Morgan fingerprint density at radius 1 is 1.69 bits per heavy atom. The van der Waals surface area contributed by atoms with Crippen molar-refractivity contribution in [3.63, 3.8) is 0 Å². The van der Waals surface area contributed by atoms with Crippen molar-refractivity contribution >= 4 is 11.9 Å². The van der Waals surface area contributed by atoms with Crippen LogP contribution in [-0.2, 0) is 9.53 Å². The van der Waals surface area contributed by atoms with Gasteiger partial charge in [-0.2, -0.15) is 0 Å². The van der Waals surface area contributed by atoms with Gasteiger partial charge in [0, 0.05) is 11.6 Å². The van der Waals surface area contributed by atoms with E-state index in [-0.39, 0.29) is 11.1 Å². The lowest BCUT2D eigenvalue weighted by Crippen LogP contribution is -2.17. The summed E-state index contributed by atoms with van der Waals surface area (Å²) in [5.41, 5.74) is 0.00129. The van der Waals surface area contributed by atoms with Crippen molar-refractivity contribution in [2.24, 2.45) is 4.99 Å². The molecule has 1 aliphatic rings. The quantitative estimate of drug-likeness (QED) is 0.655. The highest BCUT2D eigenvalue weighted by Crippen LogP contribution is 2.17. The third-order valence-electron chi connectivity index (χ3n) is 1.66. The summed E-state index contributed by atoms with van der Waals surface area (Å²) in [5.74, 6) is -0.541. The number of aliphatic imine (C=N–C) groups is 1. The first-order valence-electron chi connectivity index (χ1n) is 4.05. The Bertz CT molecular complexity index is 289. The Morgan fingerprint density at radius 3 is 2.69 bits per heavy atom. The summed E-state index contributed by atoms with van der Waals surface area (Å²) < 4.78 is 5.20. The number of aliphatic carboxylic acids is 1. The van der Waals surface area contributed by atoms with Crippen LogP contribution in [0.25, 0.3) is 0 Å². The summed E-state index contributed by atoms with van der Waals surface area (Å²) >= 11 is 0. The molecule has 13 heavy (non-hydrogen) atoms. The smallest absolute Gasteiger partial charge is 0.331 e. The van der Waals surface area contributed by atoms with Crippen LogP contribution in [0.5, 0.6) is 0 Å². The van der Waals surface area contributed by atoms with Gasteiger partial charge in [-0.25, -0.2) is 9.79 Å². The molecule has 0 aromatic heterocycles. The molecule has 0 saturated heterocycles. The fraction of sp³-hybridized carbons (Fsp3) is 0.556. The highest BCUT2D eigenvalue weighted by atomic mass is 16.5. The minimum atomic E-state index is -0.948. The predicted octanol–water partition coefficient (Wildman–Crippen LogP) is 1.22. The summed E-state index contributed by atoms with van der Waals surface area (Å²) in [6.07, 6.45) is 1.44. The predicted molar refractivity (Wildman–Crippen MR) is 48.9 cm³/mol. The van der Waals surface area contributed by atoms with Gasteiger partial charge in [0.1, 0.15) is 6.61 Å². The van der Waals surface area contributed by atoms with Crippen molar-refractivity contribution in [2.45, 2.75) is 26.3 Å².